The van der Waals surface area contributed by atoms with Crippen LogP contribution in [0, 0.1) is 0 Å². The third-order valence-corrected chi connectivity index (χ3v) is 10.3. The second kappa shape index (κ2) is 13.6. The number of H-pyrrole nitrogens is 1. The predicted octanol–water partition coefficient (Wildman–Crippen LogP) is 10.3. The number of aromatic amines is 1. The van der Waals surface area contributed by atoms with Gasteiger partial charge in [0.05, 0.1) is 24.0 Å². The van der Waals surface area contributed by atoms with Gasteiger partial charge in [0.2, 0.25) is 0 Å². The lowest BCUT2D eigenvalue weighted by atomic mass is 9.95. The molecule has 2 amide bonds. The second-order valence-corrected chi connectivity index (χ2v) is 16.6. The molecule has 272 valence electrons. The molecule has 9 nitrogen and oxygen atoms in total. The molecule has 1 N–H and O–H groups in total. The second-order valence-electron chi connectivity index (χ2n) is 16.6. The van der Waals surface area contributed by atoms with Crippen LogP contribution in [0.2, 0.25) is 0 Å². The lowest BCUT2D eigenvalue weighted by molar-refractivity contribution is 0.0149. The van der Waals surface area contributed by atoms with Crippen molar-refractivity contribution in [3.05, 3.63) is 84.4 Å². The first kappa shape index (κ1) is 35.5. The Bertz CT molecular complexity index is 2050. The average molecular weight is 702 g/mol. The van der Waals surface area contributed by atoms with Crippen molar-refractivity contribution >= 4 is 34.2 Å². The number of hydrogen-bond acceptors (Lipinski definition) is 6. The molecule has 0 spiro atoms. The maximum absolute atomic E-state index is 13.1. The quantitative estimate of drug-likeness (QED) is 0.223. The Morgan fingerprint density at radius 2 is 1.21 bits per heavy atom. The van der Waals surface area contributed by atoms with Crippen molar-refractivity contribution in [2.45, 2.75) is 123 Å². The summed E-state index contributed by atoms with van der Waals surface area (Å²) in [7, 11) is 0. The van der Waals surface area contributed by atoms with Crippen molar-refractivity contribution in [2.75, 3.05) is 0 Å². The van der Waals surface area contributed by atoms with Crippen LogP contribution in [0.4, 0.5) is 9.59 Å². The summed E-state index contributed by atoms with van der Waals surface area (Å²) in [6.07, 6.45) is 7.60. The summed E-state index contributed by atoms with van der Waals surface area (Å²) >= 11 is 0. The zero-order valence-electron chi connectivity index (χ0n) is 31.7. The maximum atomic E-state index is 13.1. The van der Waals surface area contributed by atoms with Gasteiger partial charge in [-0.15, -0.1) is 0 Å². The fraction of sp³-hybridized carbons (Fsp3) is 0.442. The Kier molecular flexibility index (Phi) is 9.26. The highest BCUT2D eigenvalue weighted by atomic mass is 16.6. The van der Waals surface area contributed by atoms with E-state index < -0.39 is 11.2 Å². The number of imidazole rings is 1. The third-order valence-electron chi connectivity index (χ3n) is 10.3. The summed E-state index contributed by atoms with van der Waals surface area (Å²) in [6, 6.07) is 21.7. The fourth-order valence-corrected chi connectivity index (χ4v) is 7.76. The van der Waals surface area contributed by atoms with Crippen LogP contribution in [0.25, 0.3) is 38.7 Å². The number of fused-ring (bicyclic) bond motifs is 1. The van der Waals surface area contributed by atoms with E-state index in [2.05, 4.69) is 79.5 Å². The van der Waals surface area contributed by atoms with Gasteiger partial charge in [-0.3, -0.25) is 14.8 Å². The molecule has 7 rings (SSSR count). The molecule has 4 heterocycles. The van der Waals surface area contributed by atoms with E-state index in [0.29, 0.717) is 0 Å². The average Bonchev–Trinajstić information content (AvgIpc) is 3.89. The van der Waals surface area contributed by atoms with Crippen LogP contribution in [0.1, 0.15) is 105 Å². The van der Waals surface area contributed by atoms with Crippen molar-refractivity contribution in [1.82, 2.24) is 19.8 Å². The van der Waals surface area contributed by atoms with Gasteiger partial charge in [0.1, 0.15) is 17.0 Å². The van der Waals surface area contributed by atoms with Crippen molar-refractivity contribution in [3.63, 3.8) is 0 Å². The van der Waals surface area contributed by atoms with E-state index in [1.807, 2.05) is 63.7 Å². The number of likely N-dealkylation sites (tertiary alicyclic amines) is 2. The minimum atomic E-state index is -0.552. The molecule has 0 saturated carbocycles. The topological polar surface area (TPSA) is 100 Å². The molecule has 1 unspecified atom stereocenters. The summed E-state index contributed by atoms with van der Waals surface area (Å²) in [5.41, 5.74) is 6.52. The highest BCUT2D eigenvalue weighted by Gasteiger charge is 2.41. The summed E-state index contributed by atoms with van der Waals surface area (Å²) in [5, 5.41) is 2.30. The number of carbonyl (C=O) groups excluding carboxylic acids is 2. The van der Waals surface area contributed by atoms with Crippen LogP contribution in [0.5, 0.6) is 0 Å². The molecule has 2 saturated heterocycles. The zero-order chi connectivity index (χ0) is 36.9. The summed E-state index contributed by atoms with van der Waals surface area (Å²) in [4.78, 5) is 42.9. The molecule has 52 heavy (non-hydrogen) atoms. The van der Waals surface area contributed by atoms with E-state index in [-0.39, 0.29) is 36.4 Å². The minimum absolute atomic E-state index is 0.0306. The molecule has 0 radical (unpaired) electrons. The van der Waals surface area contributed by atoms with Gasteiger partial charge >= 0.3 is 12.2 Å². The number of hydrogen-bond donors (Lipinski definition) is 1. The number of rotatable bonds is 5. The van der Waals surface area contributed by atoms with Gasteiger partial charge in [-0.1, -0.05) is 48.5 Å². The number of carbonyl (C=O) groups is 2. The van der Waals surface area contributed by atoms with Crippen LogP contribution < -0.4 is 0 Å². The van der Waals surface area contributed by atoms with E-state index in [1.165, 1.54) is 5.57 Å². The number of amides is 2. The number of benzene rings is 3. The SMILES string of the molecule is C[C@H]1CCC(C2=NC=C(c3ccc(-c4ccc5cc(-c6cnc([C@@H]7CC[C@H](C)N7C(=O)OC(C)(C)C)[nH]6)ccc5c4)cc3)C2)N1C(=O)OC(C)(C)C. The number of allylic oxidation sites excluding steroid dienone is 1. The van der Waals surface area contributed by atoms with Crippen LogP contribution in [0.15, 0.2) is 78.1 Å². The lowest BCUT2D eigenvalue weighted by Gasteiger charge is -2.31. The van der Waals surface area contributed by atoms with E-state index in [0.717, 1.165) is 82.4 Å². The first-order valence-electron chi connectivity index (χ1n) is 18.6. The number of ether oxygens (including phenoxy) is 2. The molecule has 2 fully saturated rings. The molecule has 1 aromatic heterocycles. The van der Waals surface area contributed by atoms with Crippen molar-refractivity contribution in [1.29, 1.82) is 0 Å². The van der Waals surface area contributed by atoms with Gasteiger partial charge < -0.3 is 14.5 Å². The molecule has 4 aromatic rings. The third kappa shape index (κ3) is 7.36. The Balaban J connectivity index is 1.02. The van der Waals surface area contributed by atoms with E-state index in [4.69, 9.17) is 19.5 Å². The van der Waals surface area contributed by atoms with Crippen LogP contribution in [-0.2, 0) is 9.47 Å². The van der Waals surface area contributed by atoms with Gasteiger partial charge in [-0.25, -0.2) is 14.6 Å². The smallest absolute Gasteiger partial charge is 0.411 e. The predicted molar refractivity (Wildman–Crippen MR) is 207 cm³/mol. The first-order chi connectivity index (χ1) is 24.6. The number of aliphatic imine (C=N–C) groups is 1. The summed E-state index contributed by atoms with van der Waals surface area (Å²) in [6.45, 7) is 15.6. The monoisotopic (exact) mass is 701 g/mol. The highest BCUT2D eigenvalue weighted by molar-refractivity contribution is 6.03. The fourth-order valence-electron chi connectivity index (χ4n) is 7.76. The van der Waals surface area contributed by atoms with Gasteiger partial charge in [-0.2, -0.15) is 0 Å². The lowest BCUT2D eigenvalue weighted by Crippen LogP contribution is -2.46. The van der Waals surface area contributed by atoms with Gasteiger partial charge in [0.25, 0.3) is 0 Å². The number of nitrogens with zero attached hydrogens (tertiary/aromatic N) is 4. The van der Waals surface area contributed by atoms with Crippen molar-refractivity contribution in [2.24, 2.45) is 4.99 Å². The van der Waals surface area contributed by atoms with E-state index in [9.17, 15) is 9.59 Å². The van der Waals surface area contributed by atoms with Gasteiger partial charge in [0.15, 0.2) is 0 Å². The van der Waals surface area contributed by atoms with Crippen molar-refractivity contribution < 1.29 is 19.1 Å². The van der Waals surface area contributed by atoms with Gasteiger partial charge in [0, 0.05) is 36.0 Å². The molecule has 4 atom stereocenters. The number of nitrogens with one attached hydrogen (secondary N) is 1. The van der Waals surface area contributed by atoms with Gasteiger partial charge in [-0.05, 0) is 126 Å². The molecular weight excluding hydrogens is 651 g/mol. The largest absolute Gasteiger partial charge is 0.444 e. The normalized spacial score (nSPS) is 22.2. The van der Waals surface area contributed by atoms with Crippen molar-refractivity contribution in [3.8, 4) is 22.4 Å². The number of aromatic nitrogens is 2. The van der Waals surface area contributed by atoms with E-state index >= 15 is 0 Å². The Morgan fingerprint density at radius 3 is 1.83 bits per heavy atom. The van der Waals surface area contributed by atoms with E-state index in [1.54, 1.807) is 0 Å². The zero-order valence-corrected chi connectivity index (χ0v) is 31.7. The standard InChI is InChI=1S/C43H51N5O4/c1-26-9-19-37(47(26)40(49)51-42(3,4)5)35-23-34(24-44-35)29-13-11-28(12-14-29)30-15-16-32-22-33(18-17-31(32)21-30)36-25-45-39(46-36)38-20-10-27(2)48(38)41(50)52-43(6,7)8/h11-18,21-22,24-27,37-38H,9-10,19-20,23H2,1-8H3,(H,45,46)/t26-,27-,37?,38-/m0/s1. The Morgan fingerprint density at radius 1 is 0.692 bits per heavy atom. The molecule has 0 bridgehead atoms. The Labute approximate surface area is 307 Å². The molecule has 3 aliphatic heterocycles. The first-order valence-corrected chi connectivity index (χ1v) is 18.6. The summed E-state index contributed by atoms with van der Waals surface area (Å²) < 4.78 is 11.5. The van der Waals surface area contributed by atoms with Crippen LogP contribution in [0.3, 0.4) is 0 Å². The minimum Gasteiger partial charge on any atom is -0.444 e. The molecule has 9 heteroatoms. The molecule has 3 aliphatic rings. The maximum Gasteiger partial charge on any atom is 0.411 e. The molecular formula is C43H51N5O4. The van der Waals surface area contributed by atoms with Crippen LogP contribution >= 0.6 is 0 Å². The summed E-state index contributed by atoms with van der Waals surface area (Å²) in [5.74, 6) is 0.788. The molecule has 3 aromatic carbocycles. The highest BCUT2D eigenvalue weighted by Crippen LogP contribution is 2.38. The van der Waals surface area contributed by atoms with Crippen LogP contribution in [-0.4, -0.2) is 67.0 Å². The molecule has 0 aliphatic carbocycles. The Hall–Kier alpha value is -4.92.